The Hall–Kier alpha value is -2.37. The molecule has 0 aliphatic carbocycles. The molecule has 0 amide bonds. The molecule has 0 aliphatic rings. The Labute approximate surface area is 493 Å². The molecule has 0 saturated carbocycles. The fourth-order valence-corrected chi connectivity index (χ4v) is 10.8. The lowest BCUT2D eigenvalue weighted by molar-refractivity contribution is -0.167. The number of hydrogen-bond donors (Lipinski definition) is 0. The number of allylic oxidation sites excluding steroid dienone is 6. The number of hydrogen-bond acceptors (Lipinski definition) is 6. The molecule has 0 radical (unpaired) electrons. The van der Waals surface area contributed by atoms with E-state index in [1.807, 2.05) is 0 Å². The van der Waals surface area contributed by atoms with Crippen LogP contribution in [0.4, 0.5) is 0 Å². The summed E-state index contributed by atoms with van der Waals surface area (Å²) in [6, 6.07) is 0. The van der Waals surface area contributed by atoms with E-state index in [9.17, 15) is 14.4 Å². The summed E-state index contributed by atoms with van der Waals surface area (Å²) in [5.41, 5.74) is 0. The zero-order valence-electron chi connectivity index (χ0n) is 53.4. The van der Waals surface area contributed by atoms with E-state index in [1.54, 1.807) is 0 Å². The second-order valence-electron chi connectivity index (χ2n) is 24.1. The number of carbonyl (C=O) groups excluding carboxylic acids is 3. The van der Waals surface area contributed by atoms with Gasteiger partial charge in [-0.1, -0.05) is 333 Å². The van der Waals surface area contributed by atoms with Gasteiger partial charge in [0.1, 0.15) is 13.2 Å². The molecule has 0 aliphatic heterocycles. The van der Waals surface area contributed by atoms with Crippen molar-refractivity contribution in [1.82, 2.24) is 0 Å². The molecule has 0 spiro atoms. The third kappa shape index (κ3) is 66.3. The van der Waals surface area contributed by atoms with Gasteiger partial charge in [-0.2, -0.15) is 0 Å². The normalized spacial score (nSPS) is 12.2. The van der Waals surface area contributed by atoms with Gasteiger partial charge in [0.15, 0.2) is 6.10 Å². The third-order valence-corrected chi connectivity index (χ3v) is 16.1. The number of unbranched alkanes of at least 4 members (excludes halogenated alkanes) is 49. The van der Waals surface area contributed by atoms with Gasteiger partial charge in [-0.3, -0.25) is 14.4 Å². The molecule has 0 fully saturated rings. The van der Waals surface area contributed by atoms with Crippen LogP contribution in [-0.2, 0) is 28.6 Å². The van der Waals surface area contributed by atoms with Crippen molar-refractivity contribution >= 4 is 17.9 Å². The molecular weight excluding hydrogens is 973 g/mol. The van der Waals surface area contributed by atoms with Crippen molar-refractivity contribution in [1.29, 1.82) is 0 Å². The molecule has 0 aromatic rings. The van der Waals surface area contributed by atoms with Crippen LogP contribution < -0.4 is 0 Å². The third-order valence-electron chi connectivity index (χ3n) is 16.1. The molecule has 0 heterocycles. The predicted molar refractivity (Wildman–Crippen MR) is 344 cm³/mol. The van der Waals surface area contributed by atoms with Gasteiger partial charge in [-0.05, 0) is 77.0 Å². The maximum absolute atomic E-state index is 12.9. The van der Waals surface area contributed by atoms with Gasteiger partial charge >= 0.3 is 17.9 Å². The average molecular weight is 1110 g/mol. The van der Waals surface area contributed by atoms with Gasteiger partial charge < -0.3 is 14.2 Å². The molecule has 464 valence electrons. The quantitative estimate of drug-likeness (QED) is 0.0261. The van der Waals surface area contributed by atoms with Gasteiger partial charge in [0, 0.05) is 19.3 Å². The van der Waals surface area contributed by atoms with Crippen LogP contribution in [0, 0.1) is 0 Å². The van der Waals surface area contributed by atoms with Gasteiger partial charge in [-0.25, -0.2) is 0 Å². The zero-order valence-corrected chi connectivity index (χ0v) is 53.4. The maximum Gasteiger partial charge on any atom is 0.306 e. The summed E-state index contributed by atoms with van der Waals surface area (Å²) >= 11 is 0. The van der Waals surface area contributed by atoms with Crippen molar-refractivity contribution in [3.8, 4) is 0 Å². The largest absolute Gasteiger partial charge is 0.462 e. The van der Waals surface area contributed by atoms with Gasteiger partial charge in [0.25, 0.3) is 0 Å². The van der Waals surface area contributed by atoms with Crippen LogP contribution in [0.5, 0.6) is 0 Å². The Morgan fingerprint density at radius 2 is 0.456 bits per heavy atom. The molecule has 0 saturated heterocycles. The van der Waals surface area contributed by atoms with Crippen LogP contribution in [0.15, 0.2) is 36.5 Å². The van der Waals surface area contributed by atoms with Crippen LogP contribution in [-0.4, -0.2) is 37.2 Å². The number of rotatable bonds is 66. The SMILES string of the molecule is CCCCCCC/C=C\C/C=C\CCCCCCCCCCCCCCCCCCCC(=O)OCC(COC(=O)CCCCCCC/C=C\CCCCCCCC)OC(=O)CCCCCCCCCCCCCCCCCCC. The first-order valence-electron chi connectivity index (χ1n) is 35.5. The summed E-state index contributed by atoms with van der Waals surface area (Å²) < 4.78 is 17.0. The Morgan fingerprint density at radius 3 is 0.709 bits per heavy atom. The molecule has 1 unspecified atom stereocenters. The molecule has 6 heteroatoms. The molecule has 0 rings (SSSR count). The Kier molecular flexibility index (Phi) is 66.1. The van der Waals surface area contributed by atoms with Crippen molar-refractivity contribution in [2.75, 3.05) is 13.2 Å². The van der Waals surface area contributed by atoms with E-state index in [-0.39, 0.29) is 31.1 Å². The first-order valence-corrected chi connectivity index (χ1v) is 35.5. The van der Waals surface area contributed by atoms with Crippen LogP contribution in [0.3, 0.4) is 0 Å². The first kappa shape index (κ1) is 76.6. The maximum atomic E-state index is 12.9. The minimum Gasteiger partial charge on any atom is -0.462 e. The highest BCUT2D eigenvalue weighted by Gasteiger charge is 2.19. The standard InChI is InChI=1S/C73H136O6/c1-4-7-10-13-16-19-22-25-28-30-31-32-33-34-35-36-37-38-39-40-41-43-45-48-51-54-57-60-63-66-72(75)78-69-70(68-77-71(74)65-62-59-56-53-50-47-44-27-24-21-18-15-12-9-6-3)79-73(76)67-64-61-58-55-52-49-46-42-29-26-23-20-17-14-11-8-5-2/h22,25,27,30-31,44,70H,4-21,23-24,26,28-29,32-43,45-69H2,1-3H3/b25-22-,31-30-,44-27-. The summed E-state index contributed by atoms with van der Waals surface area (Å²) in [4.78, 5) is 38.4. The van der Waals surface area contributed by atoms with Crippen molar-refractivity contribution in [2.24, 2.45) is 0 Å². The predicted octanol–water partition coefficient (Wildman–Crippen LogP) is 24.3. The average Bonchev–Trinajstić information content (AvgIpc) is 3.45. The van der Waals surface area contributed by atoms with E-state index >= 15 is 0 Å². The molecule has 6 nitrogen and oxygen atoms in total. The van der Waals surface area contributed by atoms with E-state index < -0.39 is 6.10 Å². The smallest absolute Gasteiger partial charge is 0.306 e. The Balaban J connectivity index is 4.20. The lowest BCUT2D eigenvalue weighted by Crippen LogP contribution is -2.30. The Morgan fingerprint density at radius 1 is 0.253 bits per heavy atom. The van der Waals surface area contributed by atoms with Crippen LogP contribution in [0.1, 0.15) is 393 Å². The molecule has 1 atom stereocenters. The van der Waals surface area contributed by atoms with Gasteiger partial charge in [-0.15, -0.1) is 0 Å². The number of carbonyl (C=O) groups is 3. The Bertz CT molecular complexity index is 1320. The summed E-state index contributed by atoms with van der Waals surface area (Å²) in [5.74, 6) is -0.847. The highest BCUT2D eigenvalue weighted by atomic mass is 16.6. The molecule has 0 bridgehead atoms. The summed E-state index contributed by atoms with van der Waals surface area (Å²) in [7, 11) is 0. The van der Waals surface area contributed by atoms with Crippen molar-refractivity contribution in [3.05, 3.63) is 36.5 Å². The molecule has 0 aromatic carbocycles. The highest BCUT2D eigenvalue weighted by molar-refractivity contribution is 5.71. The number of esters is 3. The summed E-state index contributed by atoms with van der Waals surface area (Å²) in [6.45, 7) is 6.69. The molecular formula is C73H136O6. The molecule has 79 heavy (non-hydrogen) atoms. The topological polar surface area (TPSA) is 78.9 Å². The minimum atomic E-state index is -0.773. The summed E-state index contributed by atoms with van der Waals surface area (Å²) in [6.07, 6.45) is 84.6. The van der Waals surface area contributed by atoms with E-state index in [0.717, 1.165) is 70.6 Å². The molecule has 0 aromatic heterocycles. The lowest BCUT2D eigenvalue weighted by Gasteiger charge is -2.18. The van der Waals surface area contributed by atoms with Crippen molar-refractivity contribution in [2.45, 2.75) is 399 Å². The summed E-state index contributed by atoms with van der Waals surface area (Å²) in [5, 5.41) is 0. The fraction of sp³-hybridized carbons (Fsp3) is 0.877. The van der Waals surface area contributed by atoms with Gasteiger partial charge in [0.05, 0.1) is 0 Å². The van der Waals surface area contributed by atoms with E-state index in [1.165, 1.54) is 283 Å². The zero-order chi connectivity index (χ0) is 57.1. The van der Waals surface area contributed by atoms with Crippen LogP contribution in [0.2, 0.25) is 0 Å². The van der Waals surface area contributed by atoms with E-state index in [0.29, 0.717) is 19.3 Å². The van der Waals surface area contributed by atoms with Gasteiger partial charge in [0.2, 0.25) is 0 Å². The van der Waals surface area contributed by atoms with E-state index in [4.69, 9.17) is 14.2 Å². The monoisotopic (exact) mass is 1110 g/mol. The van der Waals surface area contributed by atoms with Crippen LogP contribution >= 0.6 is 0 Å². The second-order valence-corrected chi connectivity index (χ2v) is 24.1. The second kappa shape index (κ2) is 68.1. The lowest BCUT2D eigenvalue weighted by atomic mass is 10.0. The van der Waals surface area contributed by atoms with Crippen LogP contribution in [0.25, 0.3) is 0 Å². The fourth-order valence-electron chi connectivity index (χ4n) is 10.8. The van der Waals surface area contributed by atoms with Crippen molar-refractivity contribution in [3.63, 3.8) is 0 Å². The van der Waals surface area contributed by atoms with Crippen molar-refractivity contribution < 1.29 is 28.6 Å². The molecule has 0 N–H and O–H groups in total. The first-order chi connectivity index (χ1) is 39.0. The minimum absolute atomic E-state index is 0.0688. The van der Waals surface area contributed by atoms with E-state index in [2.05, 4.69) is 57.2 Å². The highest BCUT2D eigenvalue weighted by Crippen LogP contribution is 2.18. The number of ether oxygens (including phenoxy) is 3.